The summed E-state index contributed by atoms with van der Waals surface area (Å²) in [6, 6.07) is 21.3. The van der Waals surface area contributed by atoms with Crippen LogP contribution in [0.25, 0.3) is 0 Å². The van der Waals surface area contributed by atoms with Gasteiger partial charge in [0, 0.05) is 21.0 Å². The van der Waals surface area contributed by atoms with Crippen LogP contribution in [0.3, 0.4) is 0 Å². The molecule has 0 radical (unpaired) electrons. The van der Waals surface area contributed by atoms with E-state index in [0.29, 0.717) is 10.2 Å². The number of amides is 2. The molecule has 3 aromatic rings. The minimum Gasteiger partial charge on any atom is -0.350 e. The number of halogens is 2. The first-order chi connectivity index (χ1) is 17.8. The molecule has 0 saturated carbocycles. The van der Waals surface area contributed by atoms with E-state index in [1.54, 1.807) is 49.4 Å². The third-order valence-corrected chi connectivity index (χ3v) is 8.39. The molecule has 0 bridgehead atoms. The van der Waals surface area contributed by atoms with Gasteiger partial charge in [0.25, 0.3) is 10.0 Å². The molecule has 0 aromatic heterocycles. The Bertz CT molecular complexity index is 1390. The summed E-state index contributed by atoms with van der Waals surface area (Å²) >= 11 is 6.85. The number of nitrogens with one attached hydrogen (secondary N) is 1. The van der Waals surface area contributed by atoms with Gasteiger partial charge in [-0.3, -0.25) is 13.9 Å². The summed E-state index contributed by atoms with van der Waals surface area (Å²) in [5, 5.41) is 2.92. The van der Waals surface area contributed by atoms with Crippen LogP contribution in [-0.2, 0) is 26.2 Å². The molecule has 10 heteroatoms. The first-order valence-corrected chi connectivity index (χ1v) is 15.0. The second-order valence-electron chi connectivity index (χ2n) is 9.87. The van der Waals surface area contributed by atoms with E-state index in [1.165, 1.54) is 17.0 Å². The van der Waals surface area contributed by atoms with Crippen LogP contribution >= 0.6 is 31.9 Å². The summed E-state index contributed by atoms with van der Waals surface area (Å²) < 4.78 is 30.1. The fourth-order valence-corrected chi connectivity index (χ4v) is 6.03. The average Bonchev–Trinajstić information content (AvgIpc) is 2.84. The normalized spacial score (nSPS) is 12.5. The zero-order valence-corrected chi connectivity index (χ0v) is 25.7. The van der Waals surface area contributed by atoms with Crippen molar-refractivity contribution in [3.8, 4) is 0 Å². The van der Waals surface area contributed by atoms with Gasteiger partial charge >= 0.3 is 0 Å². The molecule has 1 N–H and O–H groups in total. The van der Waals surface area contributed by atoms with Crippen molar-refractivity contribution in [1.29, 1.82) is 0 Å². The molecule has 202 valence electrons. The minimum absolute atomic E-state index is 0.0600. The average molecular weight is 665 g/mol. The molecule has 1 unspecified atom stereocenters. The molecule has 0 heterocycles. The summed E-state index contributed by atoms with van der Waals surface area (Å²) in [7, 11) is -4.10. The lowest BCUT2D eigenvalue weighted by atomic mass is 10.1. The maximum Gasteiger partial charge on any atom is 0.264 e. The maximum atomic E-state index is 13.9. The largest absolute Gasteiger partial charge is 0.350 e. The van der Waals surface area contributed by atoms with E-state index in [2.05, 4.69) is 37.2 Å². The SMILES string of the molecule is CC(C(=O)NC(C)(C)C)N(Cc1cccc(Br)c1)C(=O)CN(c1cccc(Br)c1)S(=O)(=O)c1ccccc1. The summed E-state index contributed by atoms with van der Waals surface area (Å²) in [5.74, 6) is -0.846. The molecule has 0 aliphatic heterocycles. The molecular weight excluding hydrogens is 634 g/mol. The van der Waals surface area contributed by atoms with E-state index in [9.17, 15) is 18.0 Å². The van der Waals surface area contributed by atoms with Crippen LogP contribution in [0.5, 0.6) is 0 Å². The minimum atomic E-state index is -4.10. The van der Waals surface area contributed by atoms with Gasteiger partial charge in [-0.25, -0.2) is 8.42 Å². The third-order valence-electron chi connectivity index (χ3n) is 5.61. The van der Waals surface area contributed by atoms with Crippen molar-refractivity contribution >= 4 is 59.4 Å². The Kier molecular flexibility index (Phi) is 9.78. The summed E-state index contributed by atoms with van der Waals surface area (Å²) in [6.45, 7) is 6.86. The standard InChI is InChI=1S/C28H31Br2N3O4S/c1-20(27(35)31-28(2,3)4)32(18-21-10-8-11-22(29)16-21)26(34)19-33(24-13-9-12-23(30)17-24)38(36,37)25-14-6-5-7-15-25/h5-17,20H,18-19H2,1-4H3,(H,31,35). The monoisotopic (exact) mass is 663 g/mol. The molecule has 0 fully saturated rings. The van der Waals surface area contributed by atoms with Crippen molar-refractivity contribution in [2.24, 2.45) is 0 Å². The highest BCUT2D eigenvalue weighted by atomic mass is 79.9. The highest BCUT2D eigenvalue weighted by molar-refractivity contribution is 9.10. The summed E-state index contributed by atoms with van der Waals surface area (Å²) in [4.78, 5) is 28.5. The number of hydrogen-bond donors (Lipinski definition) is 1. The lowest BCUT2D eigenvalue weighted by Gasteiger charge is -2.33. The van der Waals surface area contributed by atoms with Crippen LogP contribution in [0.1, 0.15) is 33.3 Å². The predicted molar refractivity (Wildman–Crippen MR) is 157 cm³/mol. The topological polar surface area (TPSA) is 86.8 Å². The maximum absolute atomic E-state index is 13.9. The van der Waals surface area contributed by atoms with Crippen molar-refractivity contribution in [3.63, 3.8) is 0 Å². The number of rotatable bonds is 9. The number of carbonyl (C=O) groups excluding carboxylic acids is 2. The van der Waals surface area contributed by atoms with Gasteiger partial charge in [0.1, 0.15) is 12.6 Å². The molecule has 7 nitrogen and oxygen atoms in total. The van der Waals surface area contributed by atoms with E-state index >= 15 is 0 Å². The molecule has 0 aliphatic carbocycles. The van der Waals surface area contributed by atoms with Crippen LogP contribution in [0.4, 0.5) is 5.69 Å². The second-order valence-corrected chi connectivity index (χ2v) is 13.6. The molecule has 0 spiro atoms. The molecule has 1 atom stereocenters. The van der Waals surface area contributed by atoms with E-state index < -0.39 is 34.1 Å². The number of nitrogens with zero attached hydrogens (tertiary/aromatic N) is 2. The van der Waals surface area contributed by atoms with Gasteiger partial charge in [-0.1, -0.05) is 68.3 Å². The Balaban J connectivity index is 2.03. The zero-order valence-electron chi connectivity index (χ0n) is 21.7. The Morgan fingerprint density at radius 1 is 0.895 bits per heavy atom. The molecule has 3 aromatic carbocycles. The Morgan fingerprint density at radius 3 is 2.08 bits per heavy atom. The van der Waals surface area contributed by atoms with Crippen molar-refractivity contribution in [1.82, 2.24) is 10.2 Å². The van der Waals surface area contributed by atoms with Crippen molar-refractivity contribution < 1.29 is 18.0 Å². The fourth-order valence-electron chi connectivity index (χ4n) is 3.77. The second kappa shape index (κ2) is 12.4. The van der Waals surface area contributed by atoms with Gasteiger partial charge < -0.3 is 10.2 Å². The molecule has 0 aliphatic rings. The van der Waals surface area contributed by atoms with E-state index in [1.807, 2.05) is 45.0 Å². The van der Waals surface area contributed by atoms with E-state index in [0.717, 1.165) is 14.3 Å². The van der Waals surface area contributed by atoms with E-state index in [4.69, 9.17) is 0 Å². The highest BCUT2D eigenvalue weighted by Gasteiger charge is 2.33. The molecular formula is C28H31Br2N3O4S. The van der Waals surface area contributed by atoms with Gasteiger partial charge in [-0.2, -0.15) is 0 Å². The van der Waals surface area contributed by atoms with Crippen molar-refractivity contribution in [2.75, 3.05) is 10.8 Å². The smallest absolute Gasteiger partial charge is 0.264 e. The van der Waals surface area contributed by atoms with Gasteiger partial charge in [-0.15, -0.1) is 0 Å². The number of hydrogen-bond acceptors (Lipinski definition) is 4. The van der Waals surface area contributed by atoms with Crippen LogP contribution in [-0.4, -0.2) is 43.3 Å². The number of benzene rings is 3. The quantitative estimate of drug-likeness (QED) is 0.316. The lowest BCUT2D eigenvalue weighted by Crippen LogP contribution is -2.54. The highest BCUT2D eigenvalue weighted by Crippen LogP contribution is 2.27. The van der Waals surface area contributed by atoms with Gasteiger partial charge in [-0.05, 0) is 75.7 Å². The van der Waals surface area contributed by atoms with Gasteiger partial charge in [0.05, 0.1) is 10.6 Å². The fraction of sp³-hybridized carbons (Fsp3) is 0.286. The van der Waals surface area contributed by atoms with Gasteiger partial charge in [0.2, 0.25) is 11.8 Å². The summed E-state index contributed by atoms with van der Waals surface area (Å²) in [6.07, 6.45) is 0. The third kappa shape index (κ3) is 7.91. The predicted octanol–water partition coefficient (Wildman–Crippen LogP) is 5.74. The Hall–Kier alpha value is -2.69. The van der Waals surface area contributed by atoms with Gasteiger partial charge in [0.15, 0.2) is 0 Å². The first-order valence-electron chi connectivity index (χ1n) is 12.0. The number of carbonyl (C=O) groups is 2. The number of sulfonamides is 1. The molecule has 0 saturated heterocycles. The van der Waals surface area contributed by atoms with Crippen LogP contribution in [0.2, 0.25) is 0 Å². The van der Waals surface area contributed by atoms with Crippen molar-refractivity contribution in [3.05, 3.63) is 93.4 Å². The lowest BCUT2D eigenvalue weighted by molar-refractivity contribution is -0.140. The van der Waals surface area contributed by atoms with Crippen LogP contribution in [0.15, 0.2) is 92.7 Å². The molecule has 2 amide bonds. The zero-order chi connectivity index (χ0) is 28.1. The Morgan fingerprint density at radius 2 is 1.50 bits per heavy atom. The van der Waals surface area contributed by atoms with Crippen LogP contribution < -0.4 is 9.62 Å². The molecule has 38 heavy (non-hydrogen) atoms. The van der Waals surface area contributed by atoms with E-state index in [-0.39, 0.29) is 17.3 Å². The number of anilines is 1. The Labute approximate surface area is 241 Å². The first kappa shape index (κ1) is 29.9. The van der Waals surface area contributed by atoms with Crippen LogP contribution in [0, 0.1) is 0 Å². The van der Waals surface area contributed by atoms with Crippen molar-refractivity contribution in [2.45, 2.75) is 50.7 Å². The summed E-state index contributed by atoms with van der Waals surface area (Å²) in [5.41, 5.74) is 0.614. The molecule has 3 rings (SSSR count).